The number of carbonyl (C=O) groups is 1. The lowest BCUT2D eigenvalue weighted by Crippen LogP contribution is -2.45. The van der Waals surface area contributed by atoms with Crippen LogP contribution in [0, 0.1) is 5.82 Å². The fraction of sp³-hybridized carbons (Fsp3) is 0.300. The number of amides is 1. The van der Waals surface area contributed by atoms with E-state index in [0.29, 0.717) is 12.4 Å². The molecular formula is C20H23FN4O3S. The van der Waals surface area contributed by atoms with E-state index in [0.717, 1.165) is 23.2 Å². The van der Waals surface area contributed by atoms with E-state index in [4.69, 9.17) is 0 Å². The highest BCUT2D eigenvalue weighted by molar-refractivity contribution is 7.89. The van der Waals surface area contributed by atoms with Crippen LogP contribution in [0.5, 0.6) is 0 Å². The lowest BCUT2D eigenvalue weighted by atomic mass is 10.2. The summed E-state index contributed by atoms with van der Waals surface area (Å²) in [4.78, 5) is 16.7. The Morgan fingerprint density at radius 3 is 2.48 bits per heavy atom. The van der Waals surface area contributed by atoms with Gasteiger partial charge < -0.3 is 9.88 Å². The number of sulfonamides is 1. The fourth-order valence-corrected chi connectivity index (χ4v) is 4.45. The third-order valence-electron chi connectivity index (χ3n) is 4.60. The largest absolute Gasteiger partial charge is 0.345 e. The van der Waals surface area contributed by atoms with Crippen molar-refractivity contribution >= 4 is 27.0 Å². The molecule has 29 heavy (non-hydrogen) atoms. The first-order valence-corrected chi connectivity index (χ1v) is 10.7. The minimum absolute atomic E-state index is 0.449. The van der Waals surface area contributed by atoms with Crippen LogP contribution < -0.4 is 10.0 Å². The quantitative estimate of drug-likeness (QED) is 0.617. The summed E-state index contributed by atoms with van der Waals surface area (Å²) in [6.45, 7) is 5.84. The molecule has 2 aromatic carbocycles. The Labute approximate surface area is 169 Å². The van der Waals surface area contributed by atoms with Crippen LogP contribution in [0.15, 0.2) is 53.4 Å². The minimum atomic E-state index is -4.18. The molecule has 1 heterocycles. The van der Waals surface area contributed by atoms with Crippen LogP contribution in [-0.2, 0) is 21.4 Å². The van der Waals surface area contributed by atoms with Crippen LogP contribution in [0.4, 0.5) is 4.39 Å². The number of benzene rings is 2. The van der Waals surface area contributed by atoms with Gasteiger partial charge in [0, 0.05) is 6.54 Å². The van der Waals surface area contributed by atoms with Crippen molar-refractivity contribution in [1.82, 2.24) is 19.6 Å². The van der Waals surface area contributed by atoms with Gasteiger partial charge in [-0.15, -0.1) is 0 Å². The van der Waals surface area contributed by atoms with Crippen LogP contribution in [0.2, 0.25) is 0 Å². The van der Waals surface area contributed by atoms with Crippen molar-refractivity contribution < 1.29 is 17.6 Å². The maximum atomic E-state index is 13.8. The van der Waals surface area contributed by atoms with Crippen LogP contribution in [0.3, 0.4) is 0 Å². The molecule has 3 aromatic rings. The highest BCUT2D eigenvalue weighted by Gasteiger charge is 2.26. The minimum Gasteiger partial charge on any atom is -0.345 e. The van der Waals surface area contributed by atoms with Gasteiger partial charge >= 0.3 is 0 Å². The number of rotatable bonds is 7. The standard InChI is InChI=1S/C20H23FN4O3S/c1-4-25-17-11-7-6-10-16(17)23-19(25)13(2)22-20(26)14(3)24-29(27,28)18-12-8-5-9-15(18)21/h5-14,24H,4H2,1-3H3,(H,22,26)/t13?,14-/m0/s1. The van der Waals surface area contributed by atoms with Crippen LogP contribution in [-0.4, -0.2) is 29.9 Å². The monoisotopic (exact) mass is 418 g/mol. The van der Waals surface area contributed by atoms with Crippen molar-refractivity contribution in [3.8, 4) is 0 Å². The highest BCUT2D eigenvalue weighted by atomic mass is 32.2. The number of hydrogen-bond acceptors (Lipinski definition) is 4. The number of nitrogens with one attached hydrogen (secondary N) is 2. The maximum Gasteiger partial charge on any atom is 0.244 e. The van der Waals surface area contributed by atoms with Gasteiger partial charge in [-0.1, -0.05) is 24.3 Å². The molecule has 0 fully saturated rings. The van der Waals surface area contributed by atoms with Gasteiger partial charge in [0.05, 0.1) is 23.1 Å². The lowest BCUT2D eigenvalue weighted by Gasteiger charge is -2.19. The predicted octanol–water partition coefficient (Wildman–Crippen LogP) is 2.74. The van der Waals surface area contributed by atoms with Gasteiger partial charge in [0.1, 0.15) is 16.5 Å². The van der Waals surface area contributed by atoms with Crippen molar-refractivity contribution in [2.24, 2.45) is 0 Å². The third kappa shape index (κ3) is 4.30. The zero-order valence-corrected chi connectivity index (χ0v) is 17.2. The second-order valence-electron chi connectivity index (χ2n) is 6.71. The van der Waals surface area contributed by atoms with Gasteiger partial charge in [0.25, 0.3) is 0 Å². The first-order valence-electron chi connectivity index (χ1n) is 9.27. The Hall–Kier alpha value is -2.78. The summed E-state index contributed by atoms with van der Waals surface area (Å²) in [5.41, 5.74) is 1.78. The van der Waals surface area contributed by atoms with E-state index in [2.05, 4.69) is 15.0 Å². The molecule has 1 aromatic heterocycles. The van der Waals surface area contributed by atoms with Gasteiger partial charge in [-0.25, -0.2) is 17.8 Å². The average molecular weight is 418 g/mol. The zero-order chi connectivity index (χ0) is 21.2. The predicted molar refractivity (Wildman–Crippen MR) is 108 cm³/mol. The van der Waals surface area contributed by atoms with Gasteiger partial charge in [-0.2, -0.15) is 4.72 Å². The van der Waals surface area contributed by atoms with E-state index in [1.807, 2.05) is 35.8 Å². The third-order valence-corrected chi connectivity index (χ3v) is 6.17. The molecule has 0 spiro atoms. The van der Waals surface area contributed by atoms with E-state index in [-0.39, 0.29) is 0 Å². The van der Waals surface area contributed by atoms with Gasteiger partial charge in [0.15, 0.2) is 0 Å². The molecule has 7 nitrogen and oxygen atoms in total. The summed E-state index contributed by atoms with van der Waals surface area (Å²) in [7, 11) is -4.18. The van der Waals surface area contributed by atoms with E-state index in [1.165, 1.54) is 19.1 Å². The summed E-state index contributed by atoms with van der Waals surface area (Å²) in [5, 5.41) is 2.78. The van der Waals surface area contributed by atoms with E-state index in [9.17, 15) is 17.6 Å². The molecule has 2 N–H and O–H groups in total. The molecule has 0 saturated carbocycles. The van der Waals surface area contributed by atoms with E-state index < -0.39 is 38.7 Å². The lowest BCUT2D eigenvalue weighted by molar-refractivity contribution is -0.123. The Kier molecular flexibility index (Phi) is 5.99. The SMILES string of the molecule is CCn1c(C(C)NC(=O)[C@H](C)NS(=O)(=O)c2ccccc2F)nc2ccccc21. The van der Waals surface area contributed by atoms with E-state index >= 15 is 0 Å². The van der Waals surface area contributed by atoms with Crippen molar-refractivity contribution in [3.63, 3.8) is 0 Å². The molecule has 0 aliphatic heterocycles. The molecule has 0 aliphatic rings. The number of para-hydroxylation sites is 2. The van der Waals surface area contributed by atoms with Crippen molar-refractivity contribution in [1.29, 1.82) is 0 Å². The normalized spacial score (nSPS) is 13.9. The average Bonchev–Trinajstić information content (AvgIpc) is 3.06. The zero-order valence-electron chi connectivity index (χ0n) is 16.4. The Bertz CT molecular complexity index is 1140. The molecule has 0 aliphatic carbocycles. The molecule has 0 bridgehead atoms. The number of imidazole rings is 1. The van der Waals surface area contributed by atoms with Crippen LogP contribution in [0.1, 0.15) is 32.6 Å². The topological polar surface area (TPSA) is 93.1 Å². The Morgan fingerprint density at radius 1 is 1.14 bits per heavy atom. The molecule has 2 atom stereocenters. The number of carbonyl (C=O) groups excluding carboxylic acids is 1. The Morgan fingerprint density at radius 2 is 1.79 bits per heavy atom. The summed E-state index contributed by atoms with van der Waals surface area (Å²) in [6.07, 6.45) is 0. The first-order chi connectivity index (χ1) is 13.7. The fourth-order valence-electron chi connectivity index (χ4n) is 3.17. The number of nitrogens with zero attached hydrogens (tertiary/aromatic N) is 2. The van der Waals surface area contributed by atoms with Crippen molar-refractivity contribution in [3.05, 3.63) is 60.2 Å². The molecular weight excluding hydrogens is 395 g/mol. The number of hydrogen-bond donors (Lipinski definition) is 2. The first kappa shape index (κ1) is 20.9. The highest BCUT2D eigenvalue weighted by Crippen LogP contribution is 2.21. The second kappa shape index (κ2) is 8.30. The maximum absolute atomic E-state index is 13.8. The number of aryl methyl sites for hydroxylation is 1. The molecule has 0 radical (unpaired) electrons. The van der Waals surface area contributed by atoms with Gasteiger partial charge in [0.2, 0.25) is 15.9 Å². The molecule has 0 saturated heterocycles. The molecule has 1 unspecified atom stereocenters. The van der Waals surface area contributed by atoms with Crippen LogP contribution >= 0.6 is 0 Å². The number of fused-ring (bicyclic) bond motifs is 1. The van der Waals surface area contributed by atoms with Crippen LogP contribution in [0.25, 0.3) is 11.0 Å². The summed E-state index contributed by atoms with van der Waals surface area (Å²) < 4.78 is 42.8. The summed E-state index contributed by atoms with van der Waals surface area (Å²) >= 11 is 0. The smallest absolute Gasteiger partial charge is 0.244 e. The number of aromatic nitrogens is 2. The Balaban J connectivity index is 1.75. The molecule has 9 heteroatoms. The van der Waals surface area contributed by atoms with Crippen molar-refractivity contribution in [2.75, 3.05) is 0 Å². The summed E-state index contributed by atoms with van der Waals surface area (Å²) in [6, 6.07) is 11.1. The van der Waals surface area contributed by atoms with Gasteiger partial charge in [-0.05, 0) is 45.0 Å². The van der Waals surface area contributed by atoms with E-state index in [1.54, 1.807) is 6.92 Å². The van der Waals surface area contributed by atoms with Crippen molar-refractivity contribution in [2.45, 2.75) is 44.3 Å². The van der Waals surface area contributed by atoms with Gasteiger partial charge in [-0.3, -0.25) is 4.79 Å². The molecule has 154 valence electrons. The molecule has 1 amide bonds. The molecule has 3 rings (SSSR count). The number of halogens is 1. The second-order valence-corrected chi connectivity index (χ2v) is 8.39. The summed E-state index contributed by atoms with van der Waals surface area (Å²) in [5.74, 6) is -0.740.